The third-order valence-corrected chi connectivity index (χ3v) is 1.28. The van der Waals surface area contributed by atoms with E-state index in [2.05, 4.69) is 4.74 Å². The molecule has 0 aliphatic carbocycles. The quantitative estimate of drug-likeness (QED) is 0.424. The number of hydrogen-bond acceptors (Lipinski definition) is 4. The Kier molecular flexibility index (Phi) is 5.07. The first-order valence-corrected chi connectivity index (χ1v) is 3.84. The van der Waals surface area contributed by atoms with Gasteiger partial charge in [0.15, 0.2) is 0 Å². The molecule has 0 atom stereocenters. The topological polar surface area (TPSA) is 38.3 Å². The molecule has 7 heteroatoms. The Hall–Kier alpha value is -0.430. The molecule has 0 aromatic carbocycles. The van der Waals surface area contributed by atoms with Crippen LogP contribution in [0, 0.1) is 0 Å². The van der Waals surface area contributed by atoms with Crippen molar-refractivity contribution >= 4 is 17.9 Å². The van der Waals surface area contributed by atoms with Crippen molar-refractivity contribution in [3.05, 3.63) is 0 Å². The summed E-state index contributed by atoms with van der Waals surface area (Å²) in [5.74, 6) is -0.506. The van der Waals surface area contributed by atoms with Crippen LogP contribution in [0.3, 0.4) is 0 Å². The van der Waals surface area contributed by atoms with Crippen molar-refractivity contribution in [2.75, 3.05) is 13.2 Å². The number of alkyl halides is 3. The molecule has 0 radical (unpaired) electrons. The molecule has 0 aliphatic rings. The van der Waals surface area contributed by atoms with Crippen LogP contribution in [0.4, 0.5) is 13.2 Å². The lowest BCUT2D eigenvalue weighted by Crippen LogP contribution is -2.18. The molecule has 0 fully saturated rings. The van der Waals surface area contributed by atoms with Crippen LogP contribution in [0.25, 0.3) is 0 Å². The molecule has 12 heavy (non-hydrogen) atoms. The van der Waals surface area contributed by atoms with Gasteiger partial charge >= 0.3 is 11.5 Å². The summed E-state index contributed by atoms with van der Waals surface area (Å²) in [4.78, 5) is 10.1. The van der Waals surface area contributed by atoms with Crippen molar-refractivity contribution in [3.63, 3.8) is 0 Å². The Balaban J connectivity index is 3.17. The molecule has 0 heterocycles. The van der Waals surface area contributed by atoms with Crippen LogP contribution in [0.2, 0.25) is 0 Å². The van der Waals surface area contributed by atoms with Crippen molar-refractivity contribution in [2.24, 2.45) is 0 Å². The molecule has 0 amide bonds. The maximum absolute atomic E-state index is 11.4. The van der Waals surface area contributed by atoms with Crippen LogP contribution in [-0.4, -0.2) is 24.6 Å². The molecule has 0 saturated carbocycles. The van der Waals surface area contributed by atoms with Gasteiger partial charge in [0, 0.05) is 25.4 Å². The van der Waals surface area contributed by atoms with Crippen LogP contribution < -0.4 is 4.72 Å². The lowest BCUT2D eigenvalue weighted by atomic mass is 10.7. The summed E-state index contributed by atoms with van der Waals surface area (Å²) in [6, 6.07) is 0. The third-order valence-electron chi connectivity index (χ3n) is 0.697. The molecule has 0 saturated heterocycles. The minimum atomic E-state index is -4.30. The molecule has 1 N–H and O–H groups in total. The Bertz CT molecular complexity index is 150. The largest absolute Gasteiger partial charge is 0.464 e. The van der Waals surface area contributed by atoms with Crippen molar-refractivity contribution in [2.45, 2.75) is 12.4 Å². The average Bonchev–Trinajstić information content (AvgIpc) is 1.83. The molecule has 0 aliphatic heterocycles. The van der Waals surface area contributed by atoms with Gasteiger partial charge in [0.05, 0.1) is 0 Å². The Morgan fingerprint density at radius 2 is 2.17 bits per heavy atom. The maximum Gasteiger partial charge on any atom is 0.456 e. The molecule has 72 valence electrons. The molecule has 0 aromatic heterocycles. The molecular formula is C5H8F3NO2S. The second kappa shape index (κ2) is 5.26. The second-order valence-electron chi connectivity index (χ2n) is 1.78. The van der Waals surface area contributed by atoms with Gasteiger partial charge in [0.25, 0.3) is 0 Å². The van der Waals surface area contributed by atoms with Crippen LogP contribution in [0.1, 0.15) is 6.92 Å². The van der Waals surface area contributed by atoms with E-state index in [1.165, 1.54) is 6.92 Å². The predicted octanol–water partition coefficient (Wildman–Crippen LogP) is 1.31. The Morgan fingerprint density at radius 3 is 2.58 bits per heavy atom. The van der Waals surface area contributed by atoms with E-state index in [-0.39, 0.29) is 25.1 Å². The van der Waals surface area contributed by atoms with Crippen molar-refractivity contribution in [1.82, 2.24) is 4.72 Å². The van der Waals surface area contributed by atoms with Gasteiger partial charge in [-0.2, -0.15) is 13.2 Å². The highest BCUT2D eigenvalue weighted by atomic mass is 32.2. The first kappa shape index (κ1) is 11.6. The summed E-state index contributed by atoms with van der Waals surface area (Å²) < 4.78 is 40.7. The van der Waals surface area contributed by atoms with Crippen molar-refractivity contribution in [3.8, 4) is 0 Å². The molecule has 0 rings (SSSR count). The Morgan fingerprint density at radius 1 is 1.58 bits per heavy atom. The van der Waals surface area contributed by atoms with Gasteiger partial charge in [-0.15, -0.1) is 0 Å². The summed E-state index contributed by atoms with van der Waals surface area (Å²) >= 11 is -0.356. The fraction of sp³-hybridized carbons (Fsp3) is 0.800. The van der Waals surface area contributed by atoms with E-state index in [0.29, 0.717) is 0 Å². The number of hydrogen-bond donors (Lipinski definition) is 1. The maximum atomic E-state index is 11.4. The lowest BCUT2D eigenvalue weighted by molar-refractivity contribution is -0.140. The molecule has 0 bridgehead atoms. The molecule has 0 aromatic rings. The lowest BCUT2D eigenvalue weighted by Gasteiger charge is -2.06. The molecule has 0 unspecified atom stereocenters. The van der Waals surface area contributed by atoms with E-state index in [9.17, 15) is 18.0 Å². The van der Waals surface area contributed by atoms with E-state index >= 15 is 0 Å². The van der Waals surface area contributed by atoms with Gasteiger partial charge in [-0.3, -0.25) is 9.52 Å². The zero-order valence-corrected chi connectivity index (χ0v) is 7.09. The Labute approximate surface area is 71.8 Å². The number of carbonyl (C=O) groups excluding carboxylic acids is 1. The van der Waals surface area contributed by atoms with Crippen LogP contribution in [0.5, 0.6) is 0 Å². The van der Waals surface area contributed by atoms with Crippen molar-refractivity contribution in [1.29, 1.82) is 0 Å². The predicted molar refractivity (Wildman–Crippen MR) is 38.3 cm³/mol. The summed E-state index contributed by atoms with van der Waals surface area (Å²) in [6.07, 6.45) is 0. The summed E-state index contributed by atoms with van der Waals surface area (Å²) in [5.41, 5.74) is -4.30. The number of carbonyl (C=O) groups is 1. The first-order chi connectivity index (χ1) is 5.42. The van der Waals surface area contributed by atoms with Gasteiger partial charge in [0.1, 0.15) is 6.61 Å². The number of esters is 1. The van der Waals surface area contributed by atoms with Gasteiger partial charge in [-0.25, -0.2) is 0 Å². The zero-order chi connectivity index (χ0) is 9.61. The highest BCUT2D eigenvalue weighted by Gasteiger charge is 2.28. The van der Waals surface area contributed by atoms with E-state index in [1.807, 2.05) is 4.72 Å². The smallest absolute Gasteiger partial charge is 0.456 e. The summed E-state index contributed by atoms with van der Waals surface area (Å²) in [5, 5.41) is 0. The average molecular weight is 203 g/mol. The SMILES string of the molecule is CC(=O)OCCNSC(F)(F)F. The highest BCUT2D eigenvalue weighted by Crippen LogP contribution is 2.26. The van der Waals surface area contributed by atoms with Crippen LogP contribution in [-0.2, 0) is 9.53 Å². The zero-order valence-electron chi connectivity index (χ0n) is 6.27. The van der Waals surface area contributed by atoms with Crippen LogP contribution >= 0.6 is 11.9 Å². The monoisotopic (exact) mass is 203 g/mol. The minimum absolute atomic E-state index is 0.0241. The fourth-order valence-electron chi connectivity index (χ4n) is 0.369. The summed E-state index contributed by atoms with van der Waals surface area (Å²) in [6.45, 7) is 1.11. The van der Waals surface area contributed by atoms with Gasteiger partial charge in [-0.1, -0.05) is 0 Å². The van der Waals surface area contributed by atoms with Gasteiger partial charge in [0.2, 0.25) is 0 Å². The molecule has 0 spiro atoms. The minimum Gasteiger partial charge on any atom is -0.464 e. The first-order valence-electron chi connectivity index (χ1n) is 3.03. The van der Waals surface area contributed by atoms with Gasteiger partial charge < -0.3 is 4.74 Å². The standard InChI is InChI=1S/C5H8F3NO2S/c1-4(10)11-3-2-9-12-5(6,7)8/h9H,2-3H2,1H3. The molecular weight excluding hydrogens is 195 g/mol. The van der Waals surface area contributed by atoms with E-state index in [4.69, 9.17) is 0 Å². The summed E-state index contributed by atoms with van der Waals surface area (Å²) in [7, 11) is 0. The number of rotatable bonds is 4. The molecule has 3 nitrogen and oxygen atoms in total. The highest BCUT2D eigenvalue weighted by molar-refractivity contribution is 7.98. The second-order valence-corrected chi connectivity index (χ2v) is 2.74. The van der Waals surface area contributed by atoms with E-state index in [1.54, 1.807) is 0 Å². The van der Waals surface area contributed by atoms with Gasteiger partial charge in [-0.05, 0) is 0 Å². The number of nitrogens with one attached hydrogen (secondary N) is 1. The van der Waals surface area contributed by atoms with Crippen molar-refractivity contribution < 1.29 is 22.7 Å². The third kappa shape index (κ3) is 9.57. The fourth-order valence-corrected chi connectivity index (χ4v) is 0.718. The number of ether oxygens (including phenoxy) is 1. The van der Waals surface area contributed by atoms with E-state index < -0.39 is 11.5 Å². The number of halogens is 3. The van der Waals surface area contributed by atoms with Crippen LogP contribution in [0.15, 0.2) is 0 Å². The van der Waals surface area contributed by atoms with E-state index in [0.717, 1.165) is 0 Å². The normalized spacial score (nSPS) is 11.3.